The Hall–Kier alpha value is -4.32. The highest BCUT2D eigenvalue weighted by atomic mass is 19.1. The van der Waals surface area contributed by atoms with Crippen molar-refractivity contribution in [3.63, 3.8) is 0 Å². The standard InChI is InChI=1S/C34H44F2N4O6/c1-22(42)45-21-29(43)40(18-24(20-41)16-37-32(44)46-34(5,6)7)30(33(2,3)4)31-38-28(26-15-25(35)13-14-27(26)36)19-39(31)17-23-11-9-8-10-12-23/h8-15,19,24,30,41H,16-18,20-21H2,1-7H3,(H,37,44). The van der Waals surface area contributed by atoms with E-state index in [-0.39, 0.29) is 24.3 Å². The number of aliphatic hydroxyl groups excluding tert-OH is 1. The molecule has 2 amide bonds. The zero-order valence-electron chi connectivity index (χ0n) is 27.5. The first kappa shape index (κ1) is 36.2. The van der Waals surface area contributed by atoms with Crippen LogP contribution in [0.2, 0.25) is 0 Å². The van der Waals surface area contributed by atoms with Crippen molar-refractivity contribution in [2.75, 3.05) is 26.3 Å². The van der Waals surface area contributed by atoms with E-state index < -0.39 is 65.8 Å². The maximum absolute atomic E-state index is 15.0. The van der Waals surface area contributed by atoms with Gasteiger partial charge in [-0.2, -0.15) is 0 Å². The lowest BCUT2D eigenvalue weighted by molar-refractivity contribution is -0.153. The molecular formula is C34H44F2N4O6. The summed E-state index contributed by atoms with van der Waals surface area (Å²) in [5.74, 6) is -2.82. The van der Waals surface area contributed by atoms with Crippen LogP contribution >= 0.6 is 0 Å². The van der Waals surface area contributed by atoms with Crippen LogP contribution in [0.5, 0.6) is 0 Å². The van der Waals surface area contributed by atoms with Crippen LogP contribution in [0.1, 0.15) is 65.9 Å². The molecule has 0 saturated carbocycles. The molecule has 1 aromatic heterocycles. The summed E-state index contributed by atoms with van der Waals surface area (Å²) in [6.45, 7) is 11.2. The van der Waals surface area contributed by atoms with Crippen LogP contribution < -0.4 is 5.32 Å². The first-order chi connectivity index (χ1) is 21.5. The van der Waals surface area contributed by atoms with Crippen LogP contribution in [-0.2, 0) is 25.6 Å². The Bertz CT molecular complexity index is 1500. The number of nitrogens with one attached hydrogen (secondary N) is 1. The normalized spacial score (nSPS) is 13.1. The molecule has 0 radical (unpaired) electrons. The van der Waals surface area contributed by atoms with E-state index >= 15 is 0 Å². The summed E-state index contributed by atoms with van der Waals surface area (Å²) >= 11 is 0. The van der Waals surface area contributed by atoms with Crippen LogP contribution in [0.25, 0.3) is 11.3 Å². The quantitative estimate of drug-likeness (QED) is 0.251. The second kappa shape index (κ2) is 15.3. The van der Waals surface area contributed by atoms with Crippen LogP contribution in [0.4, 0.5) is 13.6 Å². The van der Waals surface area contributed by atoms with E-state index in [2.05, 4.69) is 5.32 Å². The number of ether oxygens (including phenoxy) is 2. The molecule has 250 valence electrons. The van der Waals surface area contributed by atoms with Crippen molar-refractivity contribution in [1.82, 2.24) is 19.8 Å². The predicted molar refractivity (Wildman–Crippen MR) is 168 cm³/mol. The van der Waals surface area contributed by atoms with Gasteiger partial charge in [-0.3, -0.25) is 9.59 Å². The number of carbonyl (C=O) groups is 3. The van der Waals surface area contributed by atoms with Gasteiger partial charge in [-0.25, -0.2) is 18.6 Å². The Morgan fingerprint density at radius 2 is 1.72 bits per heavy atom. The van der Waals surface area contributed by atoms with E-state index in [0.717, 1.165) is 23.8 Å². The fourth-order valence-corrected chi connectivity index (χ4v) is 4.98. The number of halogens is 2. The minimum atomic E-state index is -0.819. The van der Waals surface area contributed by atoms with Crippen molar-refractivity contribution >= 4 is 18.0 Å². The van der Waals surface area contributed by atoms with Gasteiger partial charge in [0.05, 0.1) is 11.7 Å². The maximum Gasteiger partial charge on any atom is 0.407 e. The lowest BCUT2D eigenvalue weighted by Gasteiger charge is -2.41. The van der Waals surface area contributed by atoms with Gasteiger partial charge in [-0.1, -0.05) is 51.1 Å². The molecule has 0 saturated heterocycles. The number of benzene rings is 2. The van der Waals surface area contributed by atoms with Gasteiger partial charge in [-0.05, 0) is 49.9 Å². The van der Waals surface area contributed by atoms with Crippen molar-refractivity contribution in [3.05, 3.63) is 77.8 Å². The molecular weight excluding hydrogens is 598 g/mol. The van der Waals surface area contributed by atoms with Crippen molar-refractivity contribution < 1.29 is 37.7 Å². The SMILES string of the molecule is CC(=O)OCC(=O)N(CC(CO)CNC(=O)OC(C)(C)C)C(c1nc(-c2cc(F)ccc2F)cn1Cc1ccccc1)C(C)(C)C. The number of rotatable bonds is 12. The molecule has 0 aliphatic heterocycles. The van der Waals surface area contributed by atoms with Crippen LogP contribution in [0, 0.1) is 23.0 Å². The fraction of sp³-hybridized carbons (Fsp3) is 0.471. The molecule has 0 bridgehead atoms. The van der Waals surface area contributed by atoms with E-state index in [4.69, 9.17) is 14.5 Å². The van der Waals surface area contributed by atoms with E-state index in [0.29, 0.717) is 12.4 Å². The number of aromatic nitrogens is 2. The van der Waals surface area contributed by atoms with Gasteiger partial charge >= 0.3 is 12.1 Å². The minimum Gasteiger partial charge on any atom is -0.456 e. The Labute approximate surface area is 268 Å². The summed E-state index contributed by atoms with van der Waals surface area (Å²) in [4.78, 5) is 44.1. The van der Waals surface area contributed by atoms with Gasteiger partial charge in [0.2, 0.25) is 0 Å². The molecule has 2 atom stereocenters. The van der Waals surface area contributed by atoms with Gasteiger partial charge in [0.15, 0.2) is 6.61 Å². The summed E-state index contributed by atoms with van der Waals surface area (Å²) in [7, 11) is 0. The molecule has 0 aliphatic rings. The molecule has 0 spiro atoms. The number of hydrogen-bond acceptors (Lipinski definition) is 7. The smallest absolute Gasteiger partial charge is 0.407 e. The second-order valence-corrected chi connectivity index (χ2v) is 13.2. The molecule has 2 unspecified atom stereocenters. The molecule has 10 nitrogen and oxygen atoms in total. The minimum absolute atomic E-state index is 0.0299. The lowest BCUT2D eigenvalue weighted by atomic mass is 9.84. The Kier molecular flexibility index (Phi) is 12.0. The highest BCUT2D eigenvalue weighted by Gasteiger charge is 2.40. The Morgan fingerprint density at radius 1 is 1.04 bits per heavy atom. The van der Waals surface area contributed by atoms with Crippen molar-refractivity contribution in [1.29, 1.82) is 0 Å². The third-order valence-electron chi connectivity index (χ3n) is 6.95. The van der Waals surface area contributed by atoms with E-state index in [1.54, 1.807) is 31.5 Å². The number of alkyl carbamates (subject to hydrolysis) is 1. The summed E-state index contributed by atoms with van der Waals surface area (Å²) in [5.41, 5.74) is -0.449. The molecule has 3 rings (SSSR count). The molecule has 12 heteroatoms. The van der Waals surface area contributed by atoms with Crippen molar-refractivity contribution in [3.8, 4) is 11.3 Å². The van der Waals surface area contributed by atoms with Gasteiger partial charge in [0.25, 0.3) is 5.91 Å². The third-order valence-corrected chi connectivity index (χ3v) is 6.95. The molecule has 1 heterocycles. The Balaban J connectivity index is 2.14. The maximum atomic E-state index is 15.0. The number of aliphatic hydroxyl groups is 1. The number of amides is 2. The van der Waals surface area contributed by atoms with E-state index in [1.807, 2.05) is 51.1 Å². The molecule has 2 aromatic carbocycles. The molecule has 0 fully saturated rings. The molecule has 46 heavy (non-hydrogen) atoms. The fourth-order valence-electron chi connectivity index (χ4n) is 4.98. The first-order valence-corrected chi connectivity index (χ1v) is 15.1. The van der Waals surface area contributed by atoms with Gasteiger partial charge < -0.3 is 29.4 Å². The molecule has 3 aromatic rings. The summed E-state index contributed by atoms with van der Waals surface area (Å²) in [6, 6.07) is 11.7. The number of esters is 1. The number of nitrogens with zero attached hydrogens (tertiary/aromatic N) is 3. The zero-order chi connectivity index (χ0) is 34.2. The average molecular weight is 643 g/mol. The highest BCUT2D eigenvalue weighted by molar-refractivity contribution is 5.80. The summed E-state index contributed by atoms with van der Waals surface area (Å²) in [5, 5.41) is 13.0. The molecule has 0 aliphatic carbocycles. The van der Waals surface area contributed by atoms with Crippen molar-refractivity contribution in [2.24, 2.45) is 11.3 Å². The average Bonchev–Trinajstić information content (AvgIpc) is 3.35. The lowest BCUT2D eigenvalue weighted by Crippen LogP contribution is -2.48. The van der Waals surface area contributed by atoms with Crippen LogP contribution in [-0.4, -0.2) is 69.4 Å². The summed E-state index contributed by atoms with van der Waals surface area (Å²) < 4.78 is 41.4. The van der Waals surface area contributed by atoms with Gasteiger partial charge in [0.1, 0.15) is 23.1 Å². The van der Waals surface area contributed by atoms with E-state index in [1.165, 1.54) is 11.8 Å². The second-order valence-electron chi connectivity index (χ2n) is 13.2. The van der Waals surface area contributed by atoms with Crippen molar-refractivity contribution in [2.45, 2.75) is 66.7 Å². The largest absolute Gasteiger partial charge is 0.456 e. The van der Waals surface area contributed by atoms with Crippen LogP contribution in [0.3, 0.4) is 0 Å². The Morgan fingerprint density at radius 3 is 2.30 bits per heavy atom. The third kappa shape index (κ3) is 10.4. The number of carbonyl (C=O) groups excluding carboxylic acids is 3. The monoisotopic (exact) mass is 642 g/mol. The van der Waals surface area contributed by atoms with Gasteiger partial charge in [-0.15, -0.1) is 0 Å². The van der Waals surface area contributed by atoms with Gasteiger partial charge in [0, 0.05) is 50.8 Å². The van der Waals surface area contributed by atoms with E-state index in [9.17, 15) is 28.3 Å². The predicted octanol–water partition coefficient (Wildman–Crippen LogP) is 5.49. The first-order valence-electron chi connectivity index (χ1n) is 15.1. The number of imidazole rings is 1. The summed E-state index contributed by atoms with van der Waals surface area (Å²) in [6.07, 6.45) is 0.928. The van der Waals surface area contributed by atoms with Crippen LogP contribution in [0.15, 0.2) is 54.7 Å². The highest BCUT2D eigenvalue weighted by Crippen LogP contribution is 2.40. The molecule has 2 N–H and O–H groups in total. The topological polar surface area (TPSA) is 123 Å². The zero-order valence-corrected chi connectivity index (χ0v) is 27.5. The number of hydrogen-bond donors (Lipinski definition) is 2.